The highest BCUT2D eigenvalue weighted by Crippen LogP contribution is 2.60. The Hall–Kier alpha value is -1.63. The minimum Gasteiger partial charge on any atom is -0.355 e. The number of hydrogen-bond donors (Lipinski definition) is 2. The molecule has 4 saturated carbocycles. The third kappa shape index (κ3) is 4.60. The second-order valence-corrected chi connectivity index (χ2v) is 9.81. The highest BCUT2D eigenvalue weighted by Gasteiger charge is 2.54. The first-order valence-corrected chi connectivity index (χ1v) is 11.5. The zero-order chi connectivity index (χ0) is 20.4. The van der Waals surface area contributed by atoms with Gasteiger partial charge in [0.1, 0.15) is 0 Å². The molecule has 7 nitrogen and oxygen atoms in total. The van der Waals surface area contributed by atoms with E-state index in [1.165, 1.54) is 19.3 Å². The van der Waals surface area contributed by atoms with Crippen molar-refractivity contribution in [2.45, 2.75) is 51.9 Å². The molecule has 5 aliphatic rings. The SMILES string of the molecule is CCNC(=O)CN1CCN(C(=O)CCNC(=O)C23CC4CC(CC(C4)C2)C3)CC1. The molecule has 1 aliphatic heterocycles. The molecule has 7 heteroatoms. The van der Waals surface area contributed by atoms with Crippen LogP contribution in [0.5, 0.6) is 0 Å². The number of nitrogens with zero attached hydrogens (tertiary/aromatic N) is 2. The van der Waals surface area contributed by atoms with E-state index in [0.717, 1.165) is 50.1 Å². The molecular weight excluding hydrogens is 368 g/mol. The molecule has 0 radical (unpaired) electrons. The molecule has 0 aromatic carbocycles. The third-order valence-corrected chi connectivity index (χ3v) is 7.61. The summed E-state index contributed by atoms with van der Waals surface area (Å²) in [4.78, 5) is 41.1. The lowest BCUT2D eigenvalue weighted by molar-refractivity contribution is -0.146. The number of hydrogen-bond acceptors (Lipinski definition) is 4. The van der Waals surface area contributed by atoms with Crippen LogP contribution < -0.4 is 10.6 Å². The Balaban J connectivity index is 1.17. The lowest BCUT2D eigenvalue weighted by Crippen LogP contribution is -2.54. The summed E-state index contributed by atoms with van der Waals surface area (Å²) < 4.78 is 0. The summed E-state index contributed by atoms with van der Waals surface area (Å²) in [6.07, 6.45) is 7.55. The Morgan fingerprint density at radius 1 is 0.897 bits per heavy atom. The Bertz CT molecular complexity index is 607. The summed E-state index contributed by atoms with van der Waals surface area (Å²) >= 11 is 0. The van der Waals surface area contributed by atoms with E-state index in [1.807, 2.05) is 11.8 Å². The highest BCUT2D eigenvalue weighted by atomic mass is 16.2. The third-order valence-electron chi connectivity index (χ3n) is 7.61. The fourth-order valence-corrected chi connectivity index (χ4v) is 6.63. The predicted molar refractivity (Wildman–Crippen MR) is 110 cm³/mol. The van der Waals surface area contributed by atoms with Crippen LogP contribution in [0.2, 0.25) is 0 Å². The maximum absolute atomic E-state index is 13.0. The second-order valence-electron chi connectivity index (χ2n) is 9.81. The molecule has 2 N–H and O–H groups in total. The van der Waals surface area contributed by atoms with Gasteiger partial charge in [-0.2, -0.15) is 0 Å². The van der Waals surface area contributed by atoms with Crippen molar-refractivity contribution in [3.63, 3.8) is 0 Å². The van der Waals surface area contributed by atoms with Crippen molar-refractivity contribution < 1.29 is 14.4 Å². The van der Waals surface area contributed by atoms with E-state index < -0.39 is 0 Å². The van der Waals surface area contributed by atoms with Crippen LogP contribution in [0.3, 0.4) is 0 Å². The van der Waals surface area contributed by atoms with Gasteiger partial charge >= 0.3 is 0 Å². The number of rotatable bonds is 7. The molecule has 0 aromatic rings. The summed E-state index contributed by atoms with van der Waals surface area (Å²) in [6, 6.07) is 0. The summed E-state index contributed by atoms with van der Waals surface area (Å²) in [5, 5.41) is 5.92. The standard InChI is InChI=1S/C22H36N4O3/c1-2-23-19(27)15-25-5-7-26(8-6-25)20(28)3-4-24-21(29)22-12-16-9-17(13-22)11-18(10-16)14-22/h16-18H,2-15H2,1H3,(H,23,27)(H,24,29). The number of likely N-dealkylation sites (N-methyl/N-ethyl adjacent to an activating group) is 1. The van der Waals surface area contributed by atoms with Crippen molar-refractivity contribution in [1.29, 1.82) is 0 Å². The van der Waals surface area contributed by atoms with Gasteiger partial charge in [0.05, 0.1) is 6.54 Å². The minimum atomic E-state index is -0.136. The lowest BCUT2D eigenvalue weighted by Gasteiger charge is -2.55. The number of carbonyl (C=O) groups excluding carboxylic acids is 3. The largest absolute Gasteiger partial charge is 0.355 e. The van der Waals surface area contributed by atoms with Gasteiger partial charge in [0.25, 0.3) is 0 Å². The second kappa shape index (κ2) is 8.62. The smallest absolute Gasteiger partial charge is 0.234 e. The zero-order valence-corrected chi connectivity index (χ0v) is 17.8. The molecule has 4 bridgehead atoms. The van der Waals surface area contributed by atoms with Crippen molar-refractivity contribution >= 4 is 17.7 Å². The van der Waals surface area contributed by atoms with Gasteiger partial charge < -0.3 is 15.5 Å². The van der Waals surface area contributed by atoms with E-state index in [4.69, 9.17) is 0 Å². The van der Waals surface area contributed by atoms with Crippen LogP contribution in [0.15, 0.2) is 0 Å². The number of carbonyl (C=O) groups is 3. The predicted octanol–water partition coefficient (Wildman–Crippen LogP) is 0.989. The molecule has 3 amide bonds. The molecule has 0 aromatic heterocycles. The maximum Gasteiger partial charge on any atom is 0.234 e. The van der Waals surface area contributed by atoms with Crippen LogP contribution in [0.25, 0.3) is 0 Å². The molecule has 0 spiro atoms. The summed E-state index contributed by atoms with van der Waals surface area (Å²) in [5.74, 6) is 2.61. The van der Waals surface area contributed by atoms with Gasteiger partial charge in [0.15, 0.2) is 0 Å². The van der Waals surface area contributed by atoms with E-state index in [0.29, 0.717) is 39.1 Å². The number of piperazine rings is 1. The molecule has 5 rings (SSSR count). The van der Waals surface area contributed by atoms with Crippen molar-refractivity contribution in [3.8, 4) is 0 Å². The Kier molecular flexibility index (Phi) is 6.13. The first kappa shape index (κ1) is 20.6. The molecule has 0 unspecified atom stereocenters. The number of nitrogens with one attached hydrogen (secondary N) is 2. The van der Waals surface area contributed by atoms with Crippen LogP contribution in [0, 0.1) is 23.2 Å². The molecule has 4 aliphatic carbocycles. The molecule has 5 fully saturated rings. The molecule has 1 saturated heterocycles. The van der Waals surface area contributed by atoms with Gasteiger partial charge in [-0.15, -0.1) is 0 Å². The van der Waals surface area contributed by atoms with Crippen molar-refractivity contribution in [3.05, 3.63) is 0 Å². The quantitative estimate of drug-likeness (QED) is 0.663. The molecular formula is C22H36N4O3. The van der Waals surface area contributed by atoms with Crippen LogP contribution in [0.1, 0.15) is 51.9 Å². The minimum absolute atomic E-state index is 0.0414. The van der Waals surface area contributed by atoms with Gasteiger partial charge in [-0.3, -0.25) is 19.3 Å². The Morgan fingerprint density at radius 3 is 2.03 bits per heavy atom. The zero-order valence-electron chi connectivity index (χ0n) is 17.8. The molecule has 29 heavy (non-hydrogen) atoms. The van der Waals surface area contributed by atoms with E-state index >= 15 is 0 Å². The Morgan fingerprint density at radius 2 is 1.48 bits per heavy atom. The van der Waals surface area contributed by atoms with Gasteiger partial charge in [0.2, 0.25) is 17.7 Å². The first-order valence-electron chi connectivity index (χ1n) is 11.5. The van der Waals surface area contributed by atoms with Gasteiger partial charge in [-0.05, 0) is 63.2 Å². The van der Waals surface area contributed by atoms with E-state index in [9.17, 15) is 14.4 Å². The number of amides is 3. The first-order chi connectivity index (χ1) is 14.0. The Labute approximate surface area is 173 Å². The van der Waals surface area contributed by atoms with Crippen LogP contribution >= 0.6 is 0 Å². The van der Waals surface area contributed by atoms with Crippen molar-refractivity contribution in [2.75, 3.05) is 45.8 Å². The normalized spacial score (nSPS) is 33.6. The fourth-order valence-electron chi connectivity index (χ4n) is 6.63. The molecule has 162 valence electrons. The van der Waals surface area contributed by atoms with Gasteiger partial charge in [0, 0.05) is 51.1 Å². The molecule has 0 atom stereocenters. The van der Waals surface area contributed by atoms with Crippen molar-refractivity contribution in [1.82, 2.24) is 20.4 Å². The fraction of sp³-hybridized carbons (Fsp3) is 0.864. The van der Waals surface area contributed by atoms with E-state index in [2.05, 4.69) is 15.5 Å². The van der Waals surface area contributed by atoms with Crippen molar-refractivity contribution in [2.24, 2.45) is 23.2 Å². The monoisotopic (exact) mass is 404 g/mol. The average Bonchev–Trinajstić information content (AvgIpc) is 2.67. The van der Waals surface area contributed by atoms with Crippen LogP contribution in [-0.2, 0) is 14.4 Å². The van der Waals surface area contributed by atoms with E-state index in [1.54, 1.807) is 0 Å². The van der Waals surface area contributed by atoms with Gasteiger partial charge in [-0.1, -0.05) is 0 Å². The summed E-state index contributed by atoms with van der Waals surface area (Å²) in [6.45, 7) is 6.16. The lowest BCUT2D eigenvalue weighted by atomic mass is 9.49. The summed E-state index contributed by atoms with van der Waals surface area (Å²) in [5.41, 5.74) is -0.136. The molecule has 1 heterocycles. The average molecular weight is 405 g/mol. The van der Waals surface area contributed by atoms with E-state index in [-0.39, 0.29) is 23.1 Å². The van der Waals surface area contributed by atoms with Gasteiger partial charge in [-0.25, -0.2) is 0 Å². The van der Waals surface area contributed by atoms with Crippen LogP contribution in [-0.4, -0.2) is 73.3 Å². The topological polar surface area (TPSA) is 81.8 Å². The summed E-state index contributed by atoms with van der Waals surface area (Å²) in [7, 11) is 0. The maximum atomic E-state index is 13.0. The van der Waals surface area contributed by atoms with Crippen LogP contribution in [0.4, 0.5) is 0 Å². The highest BCUT2D eigenvalue weighted by molar-refractivity contribution is 5.84.